The van der Waals surface area contributed by atoms with Crippen LogP contribution in [0.5, 0.6) is 11.5 Å². The number of allylic oxidation sites excluding steroid dienone is 2. The van der Waals surface area contributed by atoms with Gasteiger partial charge in [0.05, 0.1) is 30.6 Å². The maximum atomic E-state index is 13.0. The van der Waals surface area contributed by atoms with Crippen LogP contribution in [0.2, 0.25) is 0 Å². The molecule has 1 aliphatic carbocycles. The van der Waals surface area contributed by atoms with Gasteiger partial charge in [-0.3, -0.25) is 24.1 Å². The molecule has 2 fully saturated rings. The summed E-state index contributed by atoms with van der Waals surface area (Å²) in [5, 5.41) is 0. The van der Waals surface area contributed by atoms with Gasteiger partial charge in [0.1, 0.15) is 11.5 Å². The smallest absolute Gasteiger partial charge is 0.316 e. The van der Waals surface area contributed by atoms with Crippen molar-refractivity contribution < 1.29 is 28.7 Å². The molecule has 8 heteroatoms. The van der Waals surface area contributed by atoms with Gasteiger partial charge in [0.15, 0.2) is 0 Å². The number of carbonyl (C=O) groups is 4. The summed E-state index contributed by atoms with van der Waals surface area (Å²) >= 11 is 0. The zero-order valence-electron chi connectivity index (χ0n) is 19.5. The standard InChI is InChI=1S/C27H26N2O6/c1-16-4-3-5-22-24(16)26(32)29(25(22)31)19-8-12-21(13-9-19)35-27(33)17-14-23(30)28(15-17)18-6-10-20(34-2)11-7-18/h3-4,6-13,16-17,22,24H,5,14-15H2,1-2H3/t16-,17-,22+,24+/m1/s1. The molecule has 3 aliphatic rings. The number of methoxy groups -OCH3 is 1. The minimum atomic E-state index is -0.594. The first-order chi connectivity index (χ1) is 16.9. The van der Waals surface area contributed by atoms with Gasteiger partial charge in [0.2, 0.25) is 17.7 Å². The number of benzene rings is 2. The molecule has 0 N–H and O–H groups in total. The van der Waals surface area contributed by atoms with E-state index in [0.29, 0.717) is 29.3 Å². The first-order valence-electron chi connectivity index (χ1n) is 11.7. The van der Waals surface area contributed by atoms with Crippen LogP contribution >= 0.6 is 0 Å². The number of anilines is 2. The van der Waals surface area contributed by atoms with Crippen LogP contribution in [-0.4, -0.2) is 37.3 Å². The second kappa shape index (κ2) is 9.02. The predicted molar refractivity (Wildman–Crippen MR) is 128 cm³/mol. The van der Waals surface area contributed by atoms with E-state index in [4.69, 9.17) is 9.47 Å². The van der Waals surface area contributed by atoms with E-state index in [0.717, 1.165) is 0 Å². The summed E-state index contributed by atoms with van der Waals surface area (Å²) < 4.78 is 10.7. The van der Waals surface area contributed by atoms with Gasteiger partial charge in [0.25, 0.3) is 0 Å². The van der Waals surface area contributed by atoms with E-state index in [-0.39, 0.29) is 48.4 Å². The summed E-state index contributed by atoms with van der Waals surface area (Å²) in [5.74, 6) is -1.29. The molecule has 2 saturated heterocycles. The number of esters is 1. The van der Waals surface area contributed by atoms with Gasteiger partial charge in [0, 0.05) is 18.7 Å². The third-order valence-corrected chi connectivity index (χ3v) is 7.03. The lowest BCUT2D eigenvalue weighted by atomic mass is 9.78. The molecule has 0 spiro atoms. The second-order valence-electron chi connectivity index (χ2n) is 9.19. The Morgan fingerprint density at radius 3 is 2.23 bits per heavy atom. The molecule has 3 amide bonds. The lowest BCUT2D eigenvalue weighted by Crippen LogP contribution is -2.31. The van der Waals surface area contributed by atoms with Crippen molar-refractivity contribution in [3.8, 4) is 11.5 Å². The van der Waals surface area contributed by atoms with E-state index in [2.05, 4.69) is 0 Å². The fourth-order valence-corrected chi connectivity index (χ4v) is 5.14. The average Bonchev–Trinajstić information content (AvgIpc) is 3.38. The van der Waals surface area contributed by atoms with Crippen molar-refractivity contribution in [3.63, 3.8) is 0 Å². The average molecular weight is 475 g/mol. The molecule has 2 aliphatic heterocycles. The van der Waals surface area contributed by atoms with Gasteiger partial charge in [-0.2, -0.15) is 0 Å². The van der Waals surface area contributed by atoms with Crippen LogP contribution in [0.3, 0.4) is 0 Å². The highest BCUT2D eigenvalue weighted by molar-refractivity contribution is 6.22. The maximum Gasteiger partial charge on any atom is 0.316 e. The van der Waals surface area contributed by atoms with E-state index in [1.165, 1.54) is 4.90 Å². The number of fused-ring (bicyclic) bond motifs is 1. The third kappa shape index (κ3) is 4.09. The minimum absolute atomic E-state index is 0.0158. The fourth-order valence-electron chi connectivity index (χ4n) is 5.14. The Labute approximate surface area is 203 Å². The summed E-state index contributed by atoms with van der Waals surface area (Å²) in [6, 6.07) is 13.4. The van der Waals surface area contributed by atoms with Crippen LogP contribution in [0.4, 0.5) is 11.4 Å². The normalized spacial score (nSPS) is 25.7. The predicted octanol–water partition coefficient (Wildman–Crippen LogP) is 3.36. The number of rotatable bonds is 5. The number of nitrogens with zero attached hydrogens (tertiary/aromatic N) is 2. The Kier molecular flexibility index (Phi) is 5.88. The first-order valence-corrected chi connectivity index (χ1v) is 11.7. The van der Waals surface area contributed by atoms with Crippen molar-refractivity contribution >= 4 is 35.1 Å². The number of imide groups is 1. The Morgan fingerprint density at radius 1 is 0.914 bits per heavy atom. The highest BCUT2D eigenvalue weighted by Crippen LogP contribution is 2.40. The number of hydrogen-bond donors (Lipinski definition) is 0. The molecule has 0 bridgehead atoms. The van der Waals surface area contributed by atoms with Crippen LogP contribution in [-0.2, 0) is 19.2 Å². The highest BCUT2D eigenvalue weighted by atomic mass is 16.5. The molecule has 2 aromatic carbocycles. The van der Waals surface area contributed by atoms with Crippen molar-refractivity contribution in [2.24, 2.45) is 23.7 Å². The quantitative estimate of drug-likeness (QED) is 0.286. The monoisotopic (exact) mass is 474 g/mol. The van der Waals surface area contributed by atoms with Crippen molar-refractivity contribution in [1.82, 2.24) is 0 Å². The Balaban J connectivity index is 1.24. The number of hydrogen-bond acceptors (Lipinski definition) is 6. The molecule has 8 nitrogen and oxygen atoms in total. The lowest BCUT2D eigenvalue weighted by molar-refractivity contribution is -0.139. The van der Waals surface area contributed by atoms with Crippen LogP contribution < -0.4 is 19.3 Å². The van der Waals surface area contributed by atoms with Crippen molar-refractivity contribution in [2.75, 3.05) is 23.5 Å². The number of amides is 3. The molecule has 0 unspecified atom stereocenters. The van der Waals surface area contributed by atoms with Gasteiger partial charge in [-0.25, -0.2) is 0 Å². The second-order valence-corrected chi connectivity index (χ2v) is 9.19. The van der Waals surface area contributed by atoms with E-state index in [9.17, 15) is 19.2 Å². The SMILES string of the molecule is COc1ccc(N2C[C@H](C(=O)Oc3ccc(N4C(=O)[C@H]5[C@H](C)C=CC[C@@H]5C4=O)cc3)CC2=O)cc1. The summed E-state index contributed by atoms with van der Waals surface area (Å²) in [4.78, 5) is 53.9. The number of carbonyl (C=O) groups excluding carboxylic acids is 4. The molecule has 0 aromatic heterocycles. The largest absolute Gasteiger partial charge is 0.497 e. The van der Waals surface area contributed by atoms with E-state index in [1.807, 2.05) is 19.1 Å². The van der Waals surface area contributed by atoms with Crippen molar-refractivity contribution in [1.29, 1.82) is 0 Å². The Bertz CT molecular complexity index is 1200. The molecule has 5 rings (SSSR count). The fraction of sp³-hybridized carbons (Fsp3) is 0.333. The molecule has 4 atom stereocenters. The van der Waals surface area contributed by atoms with Crippen molar-refractivity contribution in [3.05, 3.63) is 60.7 Å². The molecular formula is C27H26N2O6. The lowest BCUT2D eigenvalue weighted by Gasteiger charge is -2.22. The summed E-state index contributed by atoms with van der Waals surface area (Å²) in [6.45, 7) is 2.18. The minimum Gasteiger partial charge on any atom is -0.497 e. The van der Waals surface area contributed by atoms with Gasteiger partial charge in [-0.15, -0.1) is 0 Å². The van der Waals surface area contributed by atoms with E-state index < -0.39 is 11.9 Å². The van der Waals surface area contributed by atoms with Crippen molar-refractivity contribution in [2.45, 2.75) is 19.8 Å². The zero-order chi connectivity index (χ0) is 24.7. The van der Waals surface area contributed by atoms with Gasteiger partial charge in [-0.1, -0.05) is 19.1 Å². The Hall–Kier alpha value is -3.94. The van der Waals surface area contributed by atoms with E-state index in [1.54, 1.807) is 60.5 Å². The summed E-state index contributed by atoms with van der Waals surface area (Å²) in [5.41, 5.74) is 1.16. The third-order valence-electron chi connectivity index (χ3n) is 7.03. The molecule has 180 valence electrons. The zero-order valence-corrected chi connectivity index (χ0v) is 19.5. The molecule has 0 saturated carbocycles. The van der Waals surface area contributed by atoms with Crippen LogP contribution in [0.15, 0.2) is 60.7 Å². The maximum absolute atomic E-state index is 13.0. The first kappa shape index (κ1) is 22.8. The van der Waals surface area contributed by atoms with Crippen LogP contribution in [0.1, 0.15) is 19.8 Å². The molecule has 0 radical (unpaired) electrons. The molecule has 35 heavy (non-hydrogen) atoms. The van der Waals surface area contributed by atoms with Crippen LogP contribution in [0, 0.1) is 23.7 Å². The Morgan fingerprint density at radius 2 is 1.57 bits per heavy atom. The molecular weight excluding hydrogens is 448 g/mol. The number of ether oxygens (including phenoxy) is 2. The van der Waals surface area contributed by atoms with E-state index >= 15 is 0 Å². The molecule has 2 heterocycles. The topological polar surface area (TPSA) is 93.2 Å². The summed E-state index contributed by atoms with van der Waals surface area (Å²) in [7, 11) is 1.57. The summed E-state index contributed by atoms with van der Waals surface area (Å²) in [6.07, 6.45) is 4.59. The van der Waals surface area contributed by atoms with Gasteiger partial charge in [-0.05, 0) is 60.9 Å². The molecule has 2 aromatic rings. The van der Waals surface area contributed by atoms with Gasteiger partial charge < -0.3 is 14.4 Å². The van der Waals surface area contributed by atoms with Gasteiger partial charge >= 0.3 is 5.97 Å². The highest BCUT2D eigenvalue weighted by Gasteiger charge is 2.50. The van der Waals surface area contributed by atoms with Crippen LogP contribution in [0.25, 0.3) is 0 Å².